The number of aryl methyl sites for hydroxylation is 1. The third kappa shape index (κ3) is 6.12. The van der Waals surface area contributed by atoms with E-state index in [1.54, 1.807) is 7.11 Å². The Labute approximate surface area is 126 Å². The molecule has 0 aliphatic heterocycles. The molecular formula is C15H26N4O2. The number of methoxy groups -OCH3 is 1. The number of nitrogens with two attached hydrogens (primary N) is 1. The smallest absolute Gasteiger partial charge is 0.170 e. The molecule has 0 aliphatic rings. The molecular weight excluding hydrogens is 268 g/mol. The van der Waals surface area contributed by atoms with Crippen LogP contribution in [-0.2, 0) is 11.3 Å². The molecule has 6 nitrogen and oxygen atoms in total. The Morgan fingerprint density at radius 2 is 2.19 bits per heavy atom. The van der Waals surface area contributed by atoms with Gasteiger partial charge in [-0.25, -0.2) is 0 Å². The Kier molecular flexibility index (Phi) is 7.74. The molecule has 1 aromatic rings. The van der Waals surface area contributed by atoms with Crippen molar-refractivity contribution in [1.29, 1.82) is 0 Å². The molecule has 6 heteroatoms. The van der Waals surface area contributed by atoms with Crippen LogP contribution in [0.4, 0.5) is 0 Å². The molecule has 0 unspecified atom stereocenters. The molecule has 0 atom stereocenters. The van der Waals surface area contributed by atoms with Crippen LogP contribution in [0.15, 0.2) is 23.4 Å². The summed E-state index contributed by atoms with van der Waals surface area (Å²) in [6.07, 6.45) is 0. The summed E-state index contributed by atoms with van der Waals surface area (Å²) in [6, 6.07) is 5.80. The maximum absolute atomic E-state index is 8.67. The van der Waals surface area contributed by atoms with E-state index in [1.165, 1.54) is 5.56 Å². The van der Waals surface area contributed by atoms with E-state index < -0.39 is 0 Å². The maximum atomic E-state index is 8.67. The van der Waals surface area contributed by atoms with E-state index >= 15 is 0 Å². The first-order valence-corrected chi connectivity index (χ1v) is 7.04. The average molecular weight is 294 g/mol. The lowest BCUT2D eigenvalue weighted by Crippen LogP contribution is -2.31. The highest BCUT2D eigenvalue weighted by Gasteiger charge is 2.04. The fourth-order valence-corrected chi connectivity index (χ4v) is 1.96. The van der Waals surface area contributed by atoms with E-state index in [-0.39, 0.29) is 5.84 Å². The van der Waals surface area contributed by atoms with Gasteiger partial charge < -0.3 is 25.9 Å². The first-order chi connectivity index (χ1) is 10.1. The third-order valence-corrected chi connectivity index (χ3v) is 3.41. The largest absolute Gasteiger partial charge is 0.409 e. The van der Waals surface area contributed by atoms with Crippen LogP contribution < -0.4 is 11.1 Å². The lowest BCUT2D eigenvalue weighted by Gasteiger charge is -2.16. The van der Waals surface area contributed by atoms with Gasteiger partial charge in [0, 0.05) is 38.9 Å². The monoisotopic (exact) mass is 294 g/mol. The lowest BCUT2D eigenvalue weighted by molar-refractivity contribution is 0.161. The third-order valence-electron chi connectivity index (χ3n) is 3.41. The van der Waals surface area contributed by atoms with Gasteiger partial charge in [-0.3, -0.25) is 0 Å². The normalized spacial score (nSPS) is 12.1. The van der Waals surface area contributed by atoms with Crippen molar-refractivity contribution < 1.29 is 9.94 Å². The summed E-state index contributed by atoms with van der Waals surface area (Å²) in [6.45, 7) is 6.42. The Hall–Kier alpha value is -1.63. The second-order valence-electron chi connectivity index (χ2n) is 5.10. The second-order valence-corrected chi connectivity index (χ2v) is 5.10. The van der Waals surface area contributed by atoms with E-state index in [2.05, 4.69) is 22.4 Å². The van der Waals surface area contributed by atoms with Gasteiger partial charge in [0.25, 0.3) is 0 Å². The highest BCUT2D eigenvalue weighted by molar-refractivity contribution is 5.97. The van der Waals surface area contributed by atoms with Crippen molar-refractivity contribution in [2.24, 2.45) is 10.9 Å². The van der Waals surface area contributed by atoms with E-state index in [0.717, 1.165) is 43.9 Å². The summed E-state index contributed by atoms with van der Waals surface area (Å²) < 4.78 is 5.04. The van der Waals surface area contributed by atoms with Crippen LogP contribution in [0.25, 0.3) is 0 Å². The van der Waals surface area contributed by atoms with Crippen molar-refractivity contribution in [2.75, 3.05) is 40.4 Å². The van der Waals surface area contributed by atoms with E-state index in [0.29, 0.717) is 0 Å². The summed E-state index contributed by atoms with van der Waals surface area (Å²) in [5, 5.41) is 15.1. The fourth-order valence-electron chi connectivity index (χ4n) is 1.96. The van der Waals surface area contributed by atoms with Crippen molar-refractivity contribution in [1.82, 2.24) is 10.2 Å². The fraction of sp³-hybridized carbons (Fsp3) is 0.533. The molecule has 0 spiro atoms. The molecule has 0 saturated heterocycles. The van der Waals surface area contributed by atoms with Gasteiger partial charge in [-0.2, -0.15) is 0 Å². The summed E-state index contributed by atoms with van der Waals surface area (Å²) in [5.41, 5.74) is 8.65. The van der Waals surface area contributed by atoms with Crippen molar-refractivity contribution in [3.8, 4) is 0 Å². The Morgan fingerprint density at radius 1 is 1.43 bits per heavy atom. The summed E-state index contributed by atoms with van der Waals surface area (Å²) in [7, 11) is 3.80. The highest BCUT2D eigenvalue weighted by atomic mass is 16.5. The molecule has 0 radical (unpaired) electrons. The van der Waals surface area contributed by atoms with Gasteiger partial charge in [-0.15, -0.1) is 0 Å². The van der Waals surface area contributed by atoms with E-state index in [4.69, 9.17) is 15.7 Å². The van der Waals surface area contributed by atoms with Crippen LogP contribution in [0, 0.1) is 6.92 Å². The SMILES string of the molecule is COCCN(C)CCNCc1ccc(/C(N)=N/O)cc1C. The van der Waals surface area contributed by atoms with Gasteiger partial charge in [0.15, 0.2) is 5.84 Å². The van der Waals surface area contributed by atoms with Crippen molar-refractivity contribution >= 4 is 5.84 Å². The first kappa shape index (κ1) is 17.4. The Bertz CT molecular complexity index is 463. The Balaban J connectivity index is 2.39. The summed E-state index contributed by atoms with van der Waals surface area (Å²) in [5.74, 6) is 0.136. The van der Waals surface area contributed by atoms with Crippen molar-refractivity contribution in [3.05, 3.63) is 34.9 Å². The van der Waals surface area contributed by atoms with Crippen LogP contribution in [0.1, 0.15) is 16.7 Å². The van der Waals surface area contributed by atoms with Crippen molar-refractivity contribution in [2.45, 2.75) is 13.5 Å². The molecule has 0 fully saturated rings. The van der Waals surface area contributed by atoms with Gasteiger partial charge in [0.05, 0.1) is 6.61 Å². The predicted molar refractivity (Wildman–Crippen MR) is 84.8 cm³/mol. The molecule has 0 heterocycles. The minimum atomic E-state index is 0.136. The molecule has 0 saturated carbocycles. The summed E-state index contributed by atoms with van der Waals surface area (Å²) >= 11 is 0. The zero-order chi connectivity index (χ0) is 15.7. The molecule has 1 aromatic carbocycles. The highest BCUT2D eigenvalue weighted by Crippen LogP contribution is 2.10. The molecule has 1 rings (SSSR count). The summed E-state index contributed by atoms with van der Waals surface area (Å²) in [4.78, 5) is 2.23. The second kappa shape index (κ2) is 9.33. The van der Waals surface area contributed by atoms with Gasteiger partial charge in [-0.05, 0) is 31.2 Å². The van der Waals surface area contributed by atoms with Gasteiger partial charge >= 0.3 is 0 Å². The number of hydrogen-bond donors (Lipinski definition) is 3. The van der Waals surface area contributed by atoms with Crippen LogP contribution >= 0.6 is 0 Å². The van der Waals surface area contributed by atoms with Crippen LogP contribution in [-0.4, -0.2) is 56.3 Å². The van der Waals surface area contributed by atoms with Crippen LogP contribution in [0.5, 0.6) is 0 Å². The number of nitrogens with zero attached hydrogens (tertiary/aromatic N) is 2. The standard InChI is InChI=1S/C15H26N4O2/c1-12-10-13(15(16)18-20)4-5-14(12)11-17-6-7-19(2)8-9-21-3/h4-5,10,17,20H,6-9,11H2,1-3H3,(H2,16,18). The van der Waals surface area contributed by atoms with E-state index in [1.807, 2.05) is 25.1 Å². The average Bonchev–Trinajstić information content (AvgIpc) is 2.49. The number of likely N-dealkylation sites (N-methyl/N-ethyl adjacent to an activating group) is 1. The minimum absolute atomic E-state index is 0.136. The zero-order valence-electron chi connectivity index (χ0n) is 13.1. The first-order valence-electron chi connectivity index (χ1n) is 7.04. The molecule has 21 heavy (non-hydrogen) atoms. The predicted octanol–water partition coefficient (Wildman–Crippen LogP) is 0.757. The molecule has 0 bridgehead atoms. The van der Waals surface area contributed by atoms with Gasteiger partial charge in [0.1, 0.15) is 0 Å². The number of ether oxygens (including phenoxy) is 1. The number of amidine groups is 1. The van der Waals surface area contributed by atoms with Gasteiger partial charge in [-0.1, -0.05) is 17.3 Å². The molecule has 0 amide bonds. The number of nitrogens with one attached hydrogen (secondary N) is 1. The zero-order valence-corrected chi connectivity index (χ0v) is 13.1. The van der Waals surface area contributed by atoms with Crippen LogP contribution in [0.2, 0.25) is 0 Å². The number of rotatable bonds is 9. The number of oxime groups is 1. The van der Waals surface area contributed by atoms with E-state index in [9.17, 15) is 0 Å². The molecule has 4 N–H and O–H groups in total. The minimum Gasteiger partial charge on any atom is -0.409 e. The Morgan fingerprint density at radius 3 is 2.81 bits per heavy atom. The molecule has 0 aromatic heterocycles. The maximum Gasteiger partial charge on any atom is 0.170 e. The van der Waals surface area contributed by atoms with Crippen molar-refractivity contribution in [3.63, 3.8) is 0 Å². The molecule has 118 valence electrons. The topological polar surface area (TPSA) is 83.1 Å². The van der Waals surface area contributed by atoms with Crippen LogP contribution in [0.3, 0.4) is 0 Å². The van der Waals surface area contributed by atoms with Gasteiger partial charge in [0.2, 0.25) is 0 Å². The molecule has 0 aliphatic carbocycles. The number of benzene rings is 1. The lowest BCUT2D eigenvalue weighted by atomic mass is 10.0. The quantitative estimate of drug-likeness (QED) is 0.206. The number of hydrogen-bond acceptors (Lipinski definition) is 5.